The molecule has 0 spiro atoms. The van der Waals surface area contributed by atoms with Crippen molar-refractivity contribution in [3.8, 4) is 0 Å². The lowest BCUT2D eigenvalue weighted by atomic mass is 9.85. The minimum Gasteiger partial charge on any atom is -0.300 e. The van der Waals surface area contributed by atoms with Crippen LogP contribution in [0.5, 0.6) is 0 Å². The zero-order chi connectivity index (χ0) is 9.42. The first kappa shape index (κ1) is 9.51. The zero-order valence-electron chi connectivity index (χ0n) is 9.29. The number of piperidine rings is 1. The Kier molecular flexibility index (Phi) is 2.64. The molecule has 0 aromatic heterocycles. The highest BCUT2D eigenvalue weighted by Crippen LogP contribution is 2.39. The quantitative estimate of drug-likeness (QED) is 0.633. The highest BCUT2D eigenvalue weighted by molar-refractivity contribution is 4.93. The third kappa shape index (κ3) is 1.90. The van der Waals surface area contributed by atoms with E-state index in [9.17, 15) is 0 Å². The minimum atomic E-state index is 0.896. The number of hydrogen-bond acceptors (Lipinski definition) is 1. The first-order chi connectivity index (χ1) is 6.16. The molecule has 2 atom stereocenters. The molecular formula is C12H23N. The third-order valence-electron chi connectivity index (χ3n) is 4.00. The lowest BCUT2D eigenvalue weighted by Crippen LogP contribution is -2.40. The second kappa shape index (κ2) is 3.61. The average molecular weight is 181 g/mol. The molecule has 1 nitrogen and oxygen atoms in total. The summed E-state index contributed by atoms with van der Waals surface area (Å²) in [6.45, 7) is 4.72. The van der Waals surface area contributed by atoms with Gasteiger partial charge in [-0.05, 0) is 51.0 Å². The molecule has 13 heavy (non-hydrogen) atoms. The van der Waals surface area contributed by atoms with Gasteiger partial charge < -0.3 is 4.90 Å². The van der Waals surface area contributed by atoms with Gasteiger partial charge in [0.25, 0.3) is 0 Å². The Hall–Kier alpha value is -0.0400. The number of hydrogen-bond donors (Lipinski definition) is 0. The van der Waals surface area contributed by atoms with Gasteiger partial charge in [-0.3, -0.25) is 0 Å². The summed E-state index contributed by atoms with van der Waals surface area (Å²) in [7, 11) is 2.33. The van der Waals surface area contributed by atoms with Crippen LogP contribution in [0.15, 0.2) is 0 Å². The summed E-state index contributed by atoms with van der Waals surface area (Å²) in [5.74, 6) is 1.93. The van der Waals surface area contributed by atoms with Gasteiger partial charge in [0.15, 0.2) is 0 Å². The van der Waals surface area contributed by atoms with E-state index in [0.717, 1.165) is 23.9 Å². The SMILES string of the molecule is CC(C)CC1CC2CCC(C1)N2C. The van der Waals surface area contributed by atoms with Crippen LogP contribution in [0, 0.1) is 11.8 Å². The van der Waals surface area contributed by atoms with Crippen molar-refractivity contribution in [2.75, 3.05) is 7.05 Å². The molecule has 1 heteroatoms. The first-order valence-corrected chi connectivity index (χ1v) is 5.88. The van der Waals surface area contributed by atoms with E-state index in [1.54, 1.807) is 0 Å². The third-order valence-corrected chi connectivity index (χ3v) is 4.00. The van der Waals surface area contributed by atoms with Crippen LogP contribution in [-0.2, 0) is 0 Å². The van der Waals surface area contributed by atoms with Crippen LogP contribution in [0.3, 0.4) is 0 Å². The van der Waals surface area contributed by atoms with E-state index in [2.05, 4.69) is 25.8 Å². The maximum atomic E-state index is 2.64. The van der Waals surface area contributed by atoms with Crippen molar-refractivity contribution < 1.29 is 0 Å². The molecular weight excluding hydrogens is 158 g/mol. The molecule has 0 aromatic rings. The van der Waals surface area contributed by atoms with Crippen LogP contribution < -0.4 is 0 Å². The standard InChI is InChI=1S/C12H23N/c1-9(2)6-10-7-11-4-5-12(8-10)13(11)3/h9-12H,4-8H2,1-3H3. The zero-order valence-corrected chi connectivity index (χ0v) is 9.29. The number of nitrogens with zero attached hydrogens (tertiary/aromatic N) is 1. The summed E-state index contributed by atoms with van der Waals surface area (Å²) in [5, 5.41) is 0. The van der Waals surface area contributed by atoms with E-state index in [1.807, 2.05) is 0 Å². The molecule has 2 bridgehead atoms. The monoisotopic (exact) mass is 181 g/mol. The largest absolute Gasteiger partial charge is 0.300 e. The van der Waals surface area contributed by atoms with Crippen molar-refractivity contribution >= 4 is 0 Å². The van der Waals surface area contributed by atoms with Crippen LogP contribution in [0.25, 0.3) is 0 Å². The molecule has 2 unspecified atom stereocenters. The summed E-state index contributed by atoms with van der Waals surface area (Å²) < 4.78 is 0. The lowest BCUT2D eigenvalue weighted by Gasteiger charge is -2.37. The Morgan fingerprint density at radius 3 is 2.15 bits per heavy atom. The topological polar surface area (TPSA) is 3.24 Å². The summed E-state index contributed by atoms with van der Waals surface area (Å²) in [5.41, 5.74) is 0. The minimum absolute atomic E-state index is 0.896. The lowest BCUT2D eigenvalue weighted by molar-refractivity contribution is 0.123. The second-order valence-corrected chi connectivity index (χ2v) is 5.52. The van der Waals surface area contributed by atoms with E-state index in [-0.39, 0.29) is 0 Å². The van der Waals surface area contributed by atoms with Gasteiger partial charge in [0.1, 0.15) is 0 Å². The normalized spacial score (nSPS) is 40.2. The van der Waals surface area contributed by atoms with Crippen molar-refractivity contribution in [3.05, 3.63) is 0 Å². The summed E-state index contributed by atoms with van der Waals surface area (Å²) >= 11 is 0. The number of fused-ring (bicyclic) bond motifs is 2. The van der Waals surface area contributed by atoms with Crippen molar-refractivity contribution in [1.82, 2.24) is 4.90 Å². The van der Waals surface area contributed by atoms with E-state index in [1.165, 1.54) is 32.1 Å². The molecule has 0 amide bonds. The van der Waals surface area contributed by atoms with Gasteiger partial charge in [0.05, 0.1) is 0 Å². The fraction of sp³-hybridized carbons (Fsp3) is 1.00. The van der Waals surface area contributed by atoms with Crippen molar-refractivity contribution in [3.63, 3.8) is 0 Å². The molecule has 76 valence electrons. The van der Waals surface area contributed by atoms with Crippen LogP contribution in [0.1, 0.15) is 46.0 Å². The van der Waals surface area contributed by atoms with Gasteiger partial charge in [-0.25, -0.2) is 0 Å². The summed E-state index contributed by atoms with van der Waals surface area (Å²) in [4.78, 5) is 2.64. The average Bonchev–Trinajstić information content (AvgIpc) is 2.33. The van der Waals surface area contributed by atoms with Gasteiger partial charge >= 0.3 is 0 Å². The molecule has 2 rings (SSSR count). The Morgan fingerprint density at radius 2 is 1.69 bits per heavy atom. The van der Waals surface area contributed by atoms with Crippen LogP contribution in [0.4, 0.5) is 0 Å². The van der Waals surface area contributed by atoms with Gasteiger partial charge in [-0.15, -0.1) is 0 Å². The van der Waals surface area contributed by atoms with E-state index >= 15 is 0 Å². The molecule has 0 aromatic carbocycles. The molecule has 0 N–H and O–H groups in total. The van der Waals surface area contributed by atoms with E-state index in [4.69, 9.17) is 0 Å². The predicted octanol–water partition coefficient (Wildman–Crippen LogP) is 2.91. The second-order valence-electron chi connectivity index (χ2n) is 5.52. The van der Waals surface area contributed by atoms with Crippen molar-refractivity contribution in [2.45, 2.75) is 58.0 Å². The smallest absolute Gasteiger partial charge is 0.00983 e. The molecule has 0 saturated carbocycles. The Bertz CT molecular complexity index is 162. The number of rotatable bonds is 2. The highest BCUT2D eigenvalue weighted by atomic mass is 15.2. The molecule has 2 fully saturated rings. The molecule has 2 heterocycles. The molecule has 0 radical (unpaired) electrons. The Morgan fingerprint density at radius 1 is 1.15 bits per heavy atom. The van der Waals surface area contributed by atoms with Gasteiger partial charge in [-0.1, -0.05) is 13.8 Å². The van der Waals surface area contributed by atoms with Crippen LogP contribution in [-0.4, -0.2) is 24.0 Å². The van der Waals surface area contributed by atoms with Crippen molar-refractivity contribution in [1.29, 1.82) is 0 Å². The van der Waals surface area contributed by atoms with Crippen molar-refractivity contribution in [2.24, 2.45) is 11.8 Å². The highest BCUT2D eigenvalue weighted by Gasteiger charge is 2.38. The van der Waals surface area contributed by atoms with Gasteiger partial charge in [0, 0.05) is 12.1 Å². The maximum absolute atomic E-state index is 2.64. The fourth-order valence-electron chi connectivity index (χ4n) is 3.38. The molecule has 2 aliphatic rings. The van der Waals surface area contributed by atoms with E-state index < -0.39 is 0 Å². The Labute approximate surface area is 82.5 Å². The van der Waals surface area contributed by atoms with E-state index in [0.29, 0.717) is 0 Å². The fourth-order valence-corrected chi connectivity index (χ4v) is 3.38. The van der Waals surface area contributed by atoms with Crippen LogP contribution in [0.2, 0.25) is 0 Å². The van der Waals surface area contributed by atoms with Gasteiger partial charge in [0.2, 0.25) is 0 Å². The maximum Gasteiger partial charge on any atom is 0.00983 e. The molecule has 2 saturated heterocycles. The summed E-state index contributed by atoms with van der Waals surface area (Å²) in [6, 6.07) is 1.87. The van der Waals surface area contributed by atoms with Gasteiger partial charge in [-0.2, -0.15) is 0 Å². The summed E-state index contributed by atoms with van der Waals surface area (Å²) in [6.07, 6.45) is 7.35. The Balaban J connectivity index is 1.91. The predicted molar refractivity (Wildman–Crippen MR) is 56.8 cm³/mol. The molecule has 2 aliphatic heterocycles. The molecule has 0 aliphatic carbocycles. The first-order valence-electron chi connectivity index (χ1n) is 5.88. The van der Waals surface area contributed by atoms with Crippen LogP contribution >= 0.6 is 0 Å².